The smallest absolute Gasteiger partial charge is 0.339 e. The molecule has 1 aliphatic carbocycles. The number of carbonyl (C=O) groups is 3. The molecule has 2 aromatic carbocycles. The molecule has 0 radical (unpaired) electrons. The van der Waals surface area contributed by atoms with Crippen LogP contribution >= 0.6 is 0 Å². The van der Waals surface area contributed by atoms with Crippen molar-refractivity contribution in [3.05, 3.63) is 69.8 Å². The Hall–Kier alpha value is -3.19. The molecule has 26 heavy (non-hydrogen) atoms. The molecule has 0 bridgehead atoms. The molecule has 0 amide bonds. The normalized spacial score (nSPS) is 11.9. The fourth-order valence-electron chi connectivity index (χ4n) is 3.01. The van der Waals surface area contributed by atoms with E-state index in [0.717, 1.165) is 12.8 Å². The van der Waals surface area contributed by atoms with Crippen molar-refractivity contribution in [2.24, 2.45) is 0 Å². The molecular formula is C22H18O4. The van der Waals surface area contributed by atoms with Crippen molar-refractivity contribution >= 4 is 17.5 Å². The summed E-state index contributed by atoms with van der Waals surface area (Å²) in [5, 5.41) is 0. The van der Waals surface area contributed by atoms with E-state index in [1.165, 1.54) is 19.2 Å². The molecule has 0 aliphatic heterocycles. The molecule has 0 unspecified atom stereocenters. The van der Waals surface area contributed by atoms with Crippen molar-refractivity contribution in [1.82, 2.24) is 0 Å². The van der Waals surface area contributed by atoms with Crippen molar-refractivity contribution < 1.29 is 19.1 Å². The number of ketones is 2. The Morgan fingerprint density at radius 2 is 1.69 bits per heavy atom. The van der Waals surface area contributed by atoms with Crippen LogP contribution in [0.15, 0.2) is 36.4 Å². The Balaban J connectivity index is 2.24. The first kappa shape index (κ1) is 17.6. The van der Waals surface area contributed by atoms with Crippen molar-refractivity contribution in [3.8, 4) is 11.8 Å². The standard InChI is InChI=1S/C22H18O4/c1-3-4-5-6-9-14-17(22(25)26-2)12-13-18-19(14)21(24)16-11-8-7-10-15(16)20(18)23/h7-8,10-13H,3-5H2,1-2H3. The van der Waals surface area contributed by atoms with Crippen molar-refractivity contribution in [1.29, 1.82) is 0 Å². The summed E-state index contributed by atoms with van der Waals surface area (Å²) in [4.78, 5) is 38.0. The largest absolute Gasteiger partial charge is 0.465 e. The first-order chi connectivity index (χ1) is 12.6. The maximum Gasteiger partial charge on any atom is 0.339 e. The molecule has 0 spiro atoms. The van der Waals surface area contributed by atoms with Crippen LogP contribution in [0.2, 0.25) is 0 Å². The number of methoxy groups -OCH3 is 1. The number of hydrogen-bond donors (Lipinski definition) is 0. The summed E-state index contributed by atoms with van der Waals surface area (Å²) < 4.78 is 4.82. The summed E-state index contributed by atoms with van der Waals surface area (Å²) in [6.07, 6.45) is 2.57. The molecule has 1 aliphatic rings. The summed E-state index contributed by atoms with van der Waals surface area (Å²) in [6, 6.07) is 9.72. The van der Waals surface area contributed by atoms with Gasteiger partial charge in [-0.05, 0) is 18.6 Å². The number of fused-ring (bicyclic) bond motifs is 2. The molecule has 0 heterocycles. The van der Waals surface area contributed by atoms with E-state index in [2.05, 4.69) is 18.8 Å². The van der Waals surface area contributed by atoms with Crippen LogP contribution in [0.3, 0.4) is 0 Å². The van der Waals surface area contributed by atoms with Crippen LogP contribution in [0.5, 0.6) is 0 Å². The Labute approximate surface area is 152 Å². The van der Waals surface area contributed by atoms with E-state index in [-0.39, 0.29) is 33.8 Å². The lowest BCUT2D eigenvalue weighted by Crippen LogP contribution is -2.23. The lowest BCUT2D eigenvalue weighted by molar-refractivity contribution is 0.0600. The maximum atomic E-state index is 13.1. The Kier molecular flexibility index (Phi) is 4.99. The fourth-order valence-corrected chi connectivity index (χ4v) is 3.01. The maximum absolute atomic E-state index is 13.1. The van der Waals surface area contributed by atoms with Gasteiger partial charge in [0.1, 0.15) is 0 Å². The van der Waals surface area contributed by atoms with Gasteiger partial charge in [0.2, 0.25) is 0 Å². The van der Waals surface area contributed by atoms with Gasteiger partial charge in [0.25, 0.3) is 0 Å². The van der Waals surface area contributed by atoms with Crippen molar-refractivity contribution in [2.75, 3.05) is 7.11 Å². The van der Waals surface area contributed by atoms with E-state index in [0.29, 0.717) is 17.5 Å². The third-order valence-corrected chi connectivity index (χ3v) is 4.37. The van der Waals surface area contributed by atoms with Gasteiger partial charge in [0.05, 0.1) is 23.8 Å². The average molecular weight is 346 g/mol. The lowest BCUT2D eigenvalue weighted by atomic mass is 9.80. The second kappa shape index (κ2) is 7.37. The summed E-state index contributed by atoms with van der Waals surface area (Å²) in [6.45, 7) is 2.06. The van der Waals surface area contributed by atoms with Gasteiger partial charge in [-0.25, -0.2) is 4.79 Å². The van der Waals surface area contributed by atoms with E-state index in [1.807, 2.05) is 0 Å². The number of benzene rings is 2. The van der Waals surface area contributed by atoms with E-state index in [4.69, 9.17) is 4.74 Å². The highest BCUT2D eigenvalue weighted by molar-refractivity contribution is 6.29. The minimum absolute atomic E-state index is 0.195. The number of unbranched alkanes of at least 4 members (excludes halogenated alkanes) is 2. The van der Waals surface area contributed by atoms with E-state index >= 15 is 0 Å². The van der Waals surface area contributed by atoms with E-state index < -0.39 is 5.97 Å². The molecular weight excluding hydrogens is 328 g/mol. The molecule has 0 N–H and O–H groups in total. The van der Waals surface area contributed by atoms with E-state index in [1.54, 1.807) is 24.3 Å². The average Bonchev–Trinajstić information content (AvgIpc) is 2.68. The van der Waals surface area contributed by atoms with Crippen LogP contribution in [0.1, 0.15) is 74.0 Å². The molecule has 3 rings (SSSR count). The fraction of sp³-hybridized carbons (Fsp3) is 0.227. The predicted octanol–water partition coefficient (Wildman–Crippen LogP) is 3.79. The number of esters is 1. The van der Waals surface area contributed by atoms with Crippen LogP contribution < -0.4 is 0 Å². The highest BCUT2D eigenvalue weighted by atomic mass is 16.5. The van der Waals surface area contributed by atoms with Gasteiger partial charge in [-0.15, -0.1) is 0 Å². The second-order valence-corrected chi connectivity index (χ2v) is 6.01. The Morgan fingerprint density at radius 1 is 1.00 bits per heavy atom. The number of ether oxygens (including phenoxy) is 1. The Bertz CT molecular complexity index is 973. The monoisotopic (exact) mass is 346 g/mol. The van der Waals surface area contributed by atoms with Crippen LogP contribution in [0.25, 0.3) is 0 Å². The van der Waals surface area contributed by atoms with Crippen LogP contribution in [0, 0.1) is 11.8 Å². The van der Waals surface area contributed by atoms with Crippen molar-refractivity contribution in [3.63, 3.8) is 0 Å². The van der Waals surface area contributed by atoms with Gasteiger partial charge >= 0.3 is 5.97 Å². The van der Waals surface area contributed by atoms with Gasteiger partial charge in [-0.1, -0.05) is 49.5 Å². The molecule has 2 aromatic rings. The zero-order valence-corrected chi connectivity index (χ0v) is 14.7. The summed E-state index contributed by atoms with van der Waals surface area (Å²) in [5.41, 5.74) is 1.67. The van der Waals surface area contributed by atoms with Gasteiger partial charge < -0.3 is 4.74 Å². The quantitative estimate of drug-likeness (QED) is 0.411. The zero-order valence-electron chi connectivity index (χ0n) is 14.7. The van der Waals surface area contributed by atoms with Crippen molar-refractivity contribution in [2.45, 2.75) is 26.2 Å². The third-order valence-electron chi connectivity index (χ3n) is 4.37. The van der Waals surface area contributed by atoms with Gasteiger partial charge in [0, 0.05) is 23.1 Å². The van der Waals surface area contributed by atoms with Crippen LogP contribution in [0.4, 0.5) is 0 Å². The molecule has 4 heteroatoms. The first-order valence-electron chi connectivity index (χ1n) is 8.52. The number of carbonyl (C=O) groups excluding carboxylic acids is 3. The minimum atomic E-state index is -0.577. The zero-order chi connectivity index (χ0) is 18.7. The van der Waals surface area contributed by atoms with E-state index in [9.17, 15) is 14.4 Å². The highest BCUT2D eigenvalue weighted by Crippen LogP contribution is 2.31. The van der Waals surface area contributed by atoms with Crippen LogP contribution in [-0.4, -0.2) is 24.6 Å². The molecule has 0 saturated carbocycles. The van der Waals surface area contributed by atoms with Gasteiger partial charge in [0.15, 0.2) is 11.6 Å². The molecule has 0 saturated heterocycles. The molecule has 0 fully saturated rings. The highest BCUT2D eigenvalue weighted by Gasteiger charge is 2.33. The molecule has 4 nitrogen and oxygen atoms in total. The molecule has 130 valence electrons. The van der Waals surface area contributed by atoms with Gasteiger partial charge in [-0.3, -0.25) is 9.59 Å². The van der Waals surface area contributed by atoms with Crippen LogP contribution in [-0.2, 0) is 4.74 Å². The van der Waals surface area contributed by atoms with Gasteiger partial charge in [-0.2, -0.15) is 0 Å². The minimum Gasteiger partial charge on any atom is -0.465 e. The predicted molar refractivity (Wildman–Crippen MR) is 97.5 cm³/mol. The first-order valence-corrected chi connectivity index (χ1v) is 8.52. The molecule has 0 atom stereocenters. The lowest BCUT2D eigenvalue weighted by Gasteiger charge is -2.19. The Morgan fingerprint density at radius 3 is 2.35 bits per heavy atom. The SMILES string of the molecule is CCCCC#Cc1c(C(=O)OC)ccc2c1C(=O)c1ccccc1C2=O. The number of hydrogen-bond acceptors (Lipinski definition) is 4. The number of rotatable bonds is 3. The summed E-state index contributed by atoms with van der Waals surface area (Å²) in [7, 11) is 1.28. The summed E-state index contributed by atoms with van der Waals surface area (Å²) >= 11 is 0. The molecule has 0 aromatic heterocycles. The second-order valence-electron chi connectivity index (χ2n) is 6.01. The summed E-state index contributed by atoms with van der Waals surface area (Å²) in [5.74, 6) is 4.86. The third kappa shape index (κ3) is 2.93. The topological polar surface area (TPSA) is 60.4 Å².